The fourth-order valence-corrected chi connectivity index (χ4v) is 5.72. The second-order valence-electron chi connectivity index (χ2n) is 9.68. The Morgan fingerprint density at radius 1 is 1.11 bits per heavy atom. The van der Waals surface area contributed by atoms with Crippen molar-refractivity contribution >= 4 is 33.3 Å². The number of methoxy groups -OCH3 is 1. The van der Waals surface area contributed by atoms with Gasteiger partial charge in [-0.25, -0.2) is 4.79 Å². The van der Waals surface area contributed by atoms with Crippen molar-refractivity contribution in [1.29, 1.82) is 0 Å². The van der Waals surface area contributed by atoms with Crippen molar-refractivity contribution in [3.63, 3.8) is 0 Å². The standard InChI is InChI=1S/C27H28N2O9/c1-35-25(34)16-11-36-26(38-27-24(33)23(32)22(31)18(10-30)37-27)19-13(16)6-7-15(19)20-21-14(8-9-28-20)12-4-2-3-5-17(12)29-21/h2-5,7-9,11,13,18-19,22-24,26-27,29-33H,6,10H2,1H3/t13-,18-,19+,22-,23+,24+,26-,27+/m1/s1. The summed E-state index contributed by atoms with van der Waals surface area (Å²) < 4.78 is 22.5. The average molecular weight is 525 g/mol. The molecule has 3 aromatic rings. The summed E-state index contributed by atoms with van der Waals surface area (Å²) in [6.45, 7) is -0.591. The van der Waals surface area contributed by atoms with Gasteiger partial charge in [-0.2, -0.15) is 0 Å². The van der Waals surface area contributed by atoms with Gasteiger partial charge in [-0.1, -0.05) is 24.3 Å². The molecule has 6 rings (SSSR count). The molecule has 1 saturated heterocycles. The van der Waals surface area contributed by atoms with Crippen LogP contribution < -0.4 is 0 Å². The van der Waals surface area contributed by atoms with Crippen molar-refractivity contribution in [2.75, 3.05) is 13.7 Å². The first kappa shape index (κ1) is 25.0. The molecule has 200 valence electrons. The van der Waals surface area contributed by atoms with E-state index in [1.54, 1.807) is 6.20 Å². The van der Waals surface area contributed by atoms with Gasteiger partial charge in [-0.15, -0.1) is 0 Å². The maximum atomic E-state index is 12.6. The lowest BCUT2D eigenvalue weighted by atomic mass is 9.82. The molecule has 4 heterocycles. The summed E-state index contributed by atoms with van der Waals surface area (Å²) >= 11 is 0. The summed E-state index contributed by atoms with van der Waals surface area (Å²) in [5, 5.41) is 42.5. The molecule has 1 aromatic carbocycles. The summed E-state index contributed by atoms with van der Waals surface area (Å²) in [6.07, 6.45) is -2.86. The molecular formula is C27H28N2O9. The number of hydrogen-bond acceptors (Lipinski definition) is 10. The number of fused-ring (bicyclic) bond motifs is 4. The Hall–Kier alpha value is -3.32. The fraction of sp³-hybridized carbons (Fsp3) is 0.407. The van der Waals surface area contributed by atoms with Crippen molar-refractivity contribution in [2.24, 2.45) is 11.8 Å². The van der Waals surface area contributed by atoms with Crippen molar-refractivity contribution < 1.29 is 44.2 Å². The van der Waals surface area contributed by atoms with Crippen LogP contribution in [0, 0.1) is 11.8 Å². The number of pyridine rings is 1. The second-order valence-corrected chi connectivity index (χ2v) is 9.68. The minimum absolute atomic E-state index is 0.334. The highest BCUT2D eigenvalue weighted by Gasteiger charge is 2.50. The first-order valence-corrected chi connectivity index (χ1v) is 12.4. The summed E-state index contributed by atoms with van der Waals surface area (Å²) in [5.74, 6) is -1.45. The molecule has 0 bridgehead atoms. The Bertz CT molecular complexity index is 1430. The molecule has 3 aliphatic rings. The highest BCUT2D eigenvalue weighted by Crippen LogP contribution is 2.49. The number of nitrogens with zero attached hydrogens (tertiary/aromatic N) is 1. The minimum Gasteiger partial charge on any atom is -0.471 e. The van der Waals surface area contributed by atoms with Crippen LogP contribution >= 0.6 is 0 Å². The van der Waals surface area contributed by atoms with Crippen LogP contribution in [0.5, 0.6) is 0 Å². The number of hydrogen-bond donors (Lipinski definition) is 5. The Labute approximate surface area is 216 Å². The number of H-pyrrole nitrogens is 1. The Balaban J connectivity index is 1.39. The number of para-hydroxylation sites is 1. The van der Waals surface area contributed by atoms with Gasteiger partial charge in [-0.3, -0.25) is 4.98 Å². The van der Waals surface area contributed by atoms with Gasteiger partial charge in [-0.05, 0) is 24.1 Å². The van der Waals surface area contributed by atoms with Crippen LogP contribution in [0.3, 0.4) is 0 Å². The number of ether oxygens (including phenoxy) is 4. The number of aromatic amines is 1. The van der Waals surface area contributed by atoms with E-state index in [2.05, 4.69) is 9.97 Å². The minimum atomic E-state index is -1.61. The predicted octanol–water partition coefficient (Wildman–Crippen LogP) is 0.965. The number of esters is 1. The van der Waals surface area contributed by atoms with Crippen LogP contribution in [0.25, 0.3) is 27.4 Å². The summed E-state index contributed by atoms with van der Waals surface area (Å²) in [4.78, 5) is 20.7. The van der Waals surface area contributed by atoms with Gasteiger partial charge in [0.2, 0.25) is 6.29 Å². The Kier molecular flexibility index (Phi) is 6.42. The van der Waals surface area contributed by atoms with Gasteiger partial charge < -0.3 is 44.4 Å². The van der Waals surface area contributed by atoms with E-state index in [4.69, 9.17) is 18.9 Å². The normalized spacial score (nSPS) is 33.0. The van der Waals surface area contributed by atoms with Crippen molar-refractivity contribution in [2.45, 2.75) is 43.4 Å². The number of rotatable bonds is 5. The molecule has 0 amide bonds. The van der Waals surface area contributed by atoms with Crippen molar-refractivity contribution in [3.05, 3.63) is 60.1 Å². The van der Waals surface area contributed by atoms with Crippen LogP contribution in [-0.2, 0) is 23.7 Å². The number of aromatic nitrogens is 2. The number of carbonyl (C=O) groups excluding carboxylic acids is 1. The third kappa shape index (κ3) is 3.90. The van der Waals surface area contributed by atoms with Crippen molar-refractivity contribution in [1.82, 2.24) is 9.97 Å². The monoisotopic (exact) mass is 524 g/mol. The fourth-order valence-electron chi connectivity index (χ4n) is 5.72. The SMILES string of the molecule is COC(=O)C1=CO[C@H](O[C@@H]2O[C@H](CO)[C@@H](O)[C@H](O)[C@@H]2O)[C@@H]2C(c3nccc4c3[nH]c3ccccc34)=CC[C@H]12. The number of nitrogens with one attached hydrogen (secondary N) is 1. The van der Waals surface area contributed by atoms with Gasteiger partial charge in [0.05, 0.1) is 42.7 Å². The van der Waals surface area contributed by atoms with E-state index >= 15 is 0 Å². The number of aliphatic hydroxyl groups is 4. The van der Waals surface area contributed by atoms with E-state index in [1.807, 2.05) is 36.4 Å². The quantitative estimate of drug-likeness (QED) is 0.304. The zero-order chi connectivity index (χ0) is 26.6. The highest BCUT2D eigenvalue weighted by molar-refractivity contribution is 6.10. The molecule has 38 heavy (non-hydrogen) atoms. The lowest BCUT2D eigenvalue weighted by Crippen LogP contribution is -2.60. The molecule has 2 aliphatic heterocycles. The molecule has 0 radical (unpaired) electrons. The molecule has 11 nitrogen and oxygen atoms in total. The predicted molar refractivity (Wildman–Crippen MR) is 133 cm³/mol. The van der Waals surface area contributed by atoms with E-state index in [-0.39, 0.29) is 5.92 Å². The molecule has 0 unspecified atom stereocenters. The van der Waals surface area contributed by atoms with E-state index in [9.17, 15) is 25.2 Å². The average Bonchev–Trinajstić information content (AvgIpc) is 3.55. The van der Waals surface area contributed by atoms with Crippen molar-refractivity contribution in [3.8, 4) is 0 Å². The maximum absolute atomic E-state index is 12.6. The molecule has 0 saturated carbocycles. The number of aliphatic hydroxyl groups excluding tert-OH is 4. The molecular weight excluding hydrogens is 496 g/mol. The van der Waals surface area contributed by atoms with Gasteiger partial charge in [0.1, 0.15) is 24.4 Å². The molecule has 8 atom stereocenters. The first-order chi connectivity index (χ1) is 18.4. The topological polar surface area (TPSA) is 164 Å². The number of carbonyl (C=O) groups is 1. The van der Waals surface area contributed by atoms with E-state index in [0.717, 1.165) is 27.4 Å². The number of benzene rings is 1. The van der Waals surface area contributed by atoms with Crippen LogP contribution in [0.1, 0.15) is 12.1 Å². The van der Waals surface area contributed by atoms with Gasteiger partial charge in [0.25, 0.3) is 0 Å². The largest absolute Gasteiger partial charge is 0.471 e. The summed E-state index contributed by atoms with van der Waals surface area (Å²) in [7, 11) is 1.30. The molecule has 2 aromatic heterocycles. The smallest absolute Gasteiger partial charge is 0.337 e. The number of allylic oxidation sites excluding steroid dienone is 1. The van der Waals surface area contributed by atoms with E-state index in [1.165, 1.54) is 13.4 Å². The third-order valence-electron chi connectivity index (χ3n) is 7.65. The van der Waals surface area contributed by atoms with Crippen LogP contribution in [-0.4, -0.2) is 87.1 Å². The zero-order valence-electron chi connectivity index (χ0n) is 20.4. The molecule has 1 fully saturated rings. The Morgan fingerprint density at radius 2 is 1.92 bits per heavy atom. The molecule has 11 heteroatoms. The van der Waals surface area contributed by atoms with Crippen LogP contribution in [0.15, 0.2) is 54.4 Å². The van der Waals surface area contributed by atoms with Crippen LogP contribution in [0.4, 0.5) is 0 Å². The van der Waals surface area contributed by atoms with Crippen LogP contribution in [0.2, 0.25) is 0 Å². The molecule has 1 aliphatic carbocycles. The lowest BCUT2D eigenvalue weighted by molar-refractivity contribution is -0.338. The maximum Gasteiger partial charge on any atom is 0.337 e. The lowest BCUT2D eigenvalue weighted by Gasteiger charge is -2.42. The summed E-state index contributed by atoms with van der Waals surface area (Å²) in [6, 6.07) is 9.86. The highest BCUT2D eigenvalue weighted by atomic mass is 16.8. The second kappa shape index (κ2) is 9.77. The third-order valence-corrected chi connectivity index (χ3v) is 7.65. The van der Waals surface area contributed by atoms with Gasteiger partial charge in [0, 0.05) is 28.4 Å². The Morgan fingerprint density at radius 3 is 2.71 bits per heavy atom. The van der Waals surface area contributed by atoms with Gasteiger partial charge in [0.15, 0.2) is 6.29 Å². The zero-order valence-corrected chi connectivity index (χ0v) is 20.4. The van der Waals surface area contributed by atoms with Gasteiger partial charge >= 0.3 is 5.97 Å². The summed E-state index contributed by atoms with van der Waals surface area (Å²) in [5.41, 5.74) is 3.55. The van der Waals surface area contributed by atoms with E-state index in [0.29, 0.717) is 17.7 Å². The van der Waals surface area contributed by atoms with E-state index < -0.39 is 55.5 Å². The first-order valence-electron chi connectivity index (χ1n) is 12.4. The molecule has 0 spiro atoms. The molecule has 5 N–H and O–H groups in total.